The summed E-state index contributed by atoms with van der Waals surface area (Å²) in [7, 11) is 1.28. The Balaban J connectivity index is 2.38. The van der Waals surface area contributed by atoms with Crippen LogP contribution in [0.1, 0.15) is 18.9 Å². The van der Waals surface area contributed by atoms with Crippen molar-refractivity contribution in [2.45, 2.75) is 25.4 Å². The van der Waals surface area contributed by atoms with Gasteiger partial charge in [-0.15, -0.1) is 0 Å². The van der Waals surface area contributed by atoms with E-state index in [4.69, 9.17) is 4.74 Å². The highest BCUT2D eigenvalue weighted by Gasteiger charge is 2.41. The number of halogens is 1. The van der Waals surface area contributed by atoms with Crippen LogP contribution in [0.3, 0.4) is 0 Å². The maximum absolute atomic E-state index is 13.6. The van der Waals surface area contributed by atoms with E-state index in [0.717, 1.165) is 0 Å². The third-order valence-electron chi connectivity index (χ3n) is 2.98. The molecular weight excluding hydrogens is 227 g/mol. The van der Waals surface area contributed by atoms with Gasteiger partial charge in [0.1, 0.15) is 5.75 Å². The average Bonchev–Trinajstić information content (AvgIpc) is 2.33. The number of benzene rings is 1. The van der Waals surface area contributed by atoms with Crippen molar-refractivity contribution in [2.75, 3.05) is 7.11 Å². The number of esters is 1. The number of aromatic hydroxyl groups is 1. The van der Waals surface area contributed by atoms with Crippen LogP contribution in [-0.2, 0) is 16.0 Å². The van der Waals surface area contributed by atoms with E-state index in [-0.39, 0.29) is 5.75 Å². The van der Waals surface area contributed by atoms with E-state index in [1.54, 1.807) is 6.92 Å². The molecule has 1 aliphatic rings. The van der Waals surface area contributed by atoms with E-state index < -0.39 is 23.1 Å². The highest BCUT2D eigenvalue weighted by molar-refractivity contribution is 5.80. The van der Waals surface area contributed by atoms with Crippen molar-refractivity contribution >= 4 is 5.97 Å². The number of carbonyl (C=O) groups excluding carboxylic acids is 1. The van der Waals surface area contributed by atoms with Crippen LogP contribution in [0.2, 0.25) is 0 Å². The van der Waals surface area contributed by atoms with Gasteiger partial charge in [-0.1, -0.05) is 0 Å². The number of phenolic OH excluding ortho intramolecular Hbond substituents is 1. The second kappa shape index (κ2) is 3.91. The zero-order chi connectivity index (χ0) is 12.6. The second-order valence-electron chi connectivity index (χ2n) is 4.20. The van der Waals surface area contributed by atoms with Crippen molar-refractivity contribution in [1.82, 2.24) is 0 Å². The normalized spacial score (nSPS) is 22.5. The highest BCUT2D eigenvalue weighted by Crippen LogP contribution is 2.37. The molecule has 0 radical (unpaired) electrons. The van der Waals surface area contributed by atoms with Gasteiger partial charge in [-0.2, -0.15) is 0 Å². The Bertz CT molecular complexity index is 472. The number of carbonyl (C=O) groups is 1. The zero-order valence-corrected chi connectivity index (χ0v) is 9.62. The molecule has 1 N–H and O–H groups in total. The van der Waals surface area contributed by atoms with Gasteiger partial charge < -0.3 is 14.6 Å². The number of hydrogen-bond donors (Lipinski definition) is 1. The molecule has 0 fully saturated rings. The summed E-state index contributed by atoms with van der Waals surface area (Å²) in [4.78, 5) is 11.6. The number of methoxy groups -OCH3 is 1. The lowest BCUT2D eigenvalue weighted by atomic mass is 9.92. The van der Waals surface area contributed by atoms with Crippen LogP contribution in [0.15, 0.2) is 12.1 Å². The SMILES string of the molecule is COC(=O)C1(C)CCc2c(ccc(O)c2F)O1. The largest absolute Gasteiger partial charge is 0.505 e. The number of ether oxygens (including phenoxy) is 2. The molecule has 1 heterocycles. The molecule has 2 rings (SSSR count). The van der Waals surface area contributed by atoms with E-state index in [2.05, 4.69) is 4.74 Å². The van der Waals surface area contributed by atoms with Gasteiger partial charge >= 0.3 is 5.97 Å². The third-order valence-corrected chi connectivity index (χ3v) is 2.98. The Morgan fingerprint density at radius 3 is 2.94 bits per heavy atom. The molecule has 0 spiro atoms. The summed E-state index contributed by atoms with van der Waals surface area (Å²) in [5.41, 5.74) is -0.795. The molecule has 4 nitrogen and oxygen atoms in total. The molecule has 0 aromatic heterocycles. The Hall–Kier alpha value is -1.78. The predicted octanol–water partition coefficient (Wildman–Crippen LogP) is 1.79. The fourth-order valence-electron chi connectivity index (χ4n) is 1.94. The van der Waals surface area contributed by atoms with Crippen LogP contribution >= 0.6 is 0 Å². The molecule has 1 unspecified atom stereocenters. The number of fused-ring (bicyclic) bond motifs is 1. The minimum atomic E-state index is -1.09. The second-order valence-corrected chi connectivity index (χ2v) is 4.20. The molecule has 0 saturated carbocycles. The van der Waals surface area contributed by atoms with Crippen molar-refractivity contribution in [3.8, 4) is 11.5 Å². The van der Waals surface area contributed by atoms with Crippen molar-refractivity contribution in [1.29, 1.82) is 0 Å². The molecule has 0 aliphatic carbocycles. The third kappa shape index (κ3) is 1.81. The van der Waals surface area contributed by atoms with Gasteiger partial charge in [0.25, 0.3) is 0 Å². The smallest absolute Gasteiger partial charge is 0.349 e. The molecular formula is C12H13FO4. The molecule has 1 atom stereocenters. The van der Waals surface area contributed by atoms with Crippen molar-refractivity contribution < 1.29 is 23.8 Å². The molecule has 0 saturated heterocycles. The molecule has 5 heteroatoms. The van der Waals surface area contributed by atoms with Crippen LogP contribution in [0.4, 0.5) is 4.39 Å². The predicted molar refractivity (Wildman–Crippen MR) is 57.4 cm³/mol. The zero-order valence-electron chi connectivity index (χ0n) is 9.62. The summed E-state index contributed by atoms with van der Waals surface area (Å²) >= 11 is 0. The van der Waals surface area contributed by atoms with Crippen LogP contribution in [0.25, 0.3) is 0 Å². The van der Waals surface area contributed by atoms with Crippen LogP contribution in [0.5, 0.6) is 11.5 Å². The molecule has 1 aliphatic heterocycles. The van der Waals surface area contributed by atoms with E-state index in [1.165, 1.54) is 19.2 Å². The minimum Gasteiger partial charge on any atom is -0.505 e. The topological polar surface area (TPSA) is 55.8 Å². The quantitative estimate of drug-likeness (QED) is 0.760. The monoisotopic (exact) mass is 240 g/mol. The standard InChI is InChI=1S/C12H13FO4/c1-12(11(15)16-2)6-5-7-9(17-12)4-3-8(14)10(7)13/h3-4,14H,5-6H2,1-2H3. The average molecular weight is 240 g/mol. The molecule has 17 heavy (non-hydrogen) atoms. The van der Waals surface area contributed by atoms with E-state index in [1.807, 2.05) is 0 Å². The van der Waals surface area contributed by atoms with Crippen molar-refractivity contribution in [2.24, 2.45) is 0 Å². The maximum Gasteiger partial charge on any atom is 0.349 e. The maximum atomic E-state index is 13.6. The molecule has 1 aromatic carbocycles. The van der Waals surface area contributed by atoms with Crippen LogP contribution in [-0.4, -0.2) is 23.8 Å². The minimum absolute atomic E-state index is 0.277. The van der Waals surface area contributed by atoms with Gasteiger partial charge in [-0.25, -0.2) is 9.18 Å². The Labute approximate surface area is 98.0 Å². The molecule has 1 aromatic rings. The number of phenols is 1. The highest BCUT2D eigenvalue weighted by atomic mass is 19.1. The van der Waals surface area contributed by atoms with E-state index in [0.29, 0.717) is 18.4 Å². The van der Waals surface area contributed by atoms with Gasteiger partial charge in [-0.3, -0.25) is 0 Å². The van der Waals surface area contributed by atoms with Crippen LogP contribution < -0.4 is 4.74 Å². The summed E-state index contributed by atoms with van der Waals surface area (Å²) < 4.78 is 23.7. The molecule has 0 bridgehead atoms. The first-order valence-electron chi connectivity index (χ1n) is 5.26. The summed E-state index contributed by atoms with van der Waals surface area (Å²) in [6.45, 7) is 1.60. The Morgan fingerprint density at radius 2 is 2.29 bits per heavy atom. The summed E-state index contributed by atoms with van der Waals surface area (Å²) in [6.07, 6.45) is 0.633. The first-order chi connectivity index (χ1) is 7.98. The van der Waals surface area contributed by atoms with Crippen molar-refractivity contribution in [3.63, 3.8) is 0 Å². The van der Waals surface area contributed by atoms with Gasteiger partial charge in [0.15, 0.2) is 11.6 Å². The number of hydrogen-bond acceptors (Lipinski definition) is 4. The molecule has 0 amide bonds. The fraction of sp³-hybridized carbons (Fsp3) is 0.417. The lowest BCUT2D eigenvalue weighted by molar-refractivity contribution is -0.159. The fourth-order valence-corrected chi connectivity index (χ4v) is 1.94. The summed E-state index contributed by atoms with van der Waals surface area (Å²) in [6, 6.07) is 2.66. The molecule has 92 valence electrons. The first-order valence-corrected chi connectivity index (χ1v) is 5.26. The first kappa shape index (κ1) is 11.7. The van der Waals surface area contributed by atoms with E-state index in [9.17, 15) is 14.3 Å². The Morgan fingerprint density at radius 1 is 1.59 bits per heavy atom. The Kier molecular flexibility index (Phi) is 2.69. The van der Waals surface area contributed by atoms with Gasteiger partial charge in [0.05, 0.1) is 7.11 Å². The van der Waals surface area contributed by atoms with Gasteiger partial charge in [-0.05, 0) is 25.5 Å². The van der Waals surface area contributed by atoms with Gasteiger partial charge in [0, 0.05) is 12.0 Å². The lowest BCUT2D eigenvalue weighted by Crippen LogP contribution is -2.45. The van der Waals surface area contributed by atoms with Crippen molar-refractivity contribution in [3.05, 3.63) is 23.5 Å². The van der Waals surface area contributed by atoms with E-state index >= 15 is 0 Å². The number of rotatable bonds is 1. The van der Waals surface area contributed by atoms with Crippen LogP contribution in [0, 0.1) is 5.82 Å². The summed E-state index contributed by atoms with van der Waals surface area (Å²) in [5.74, 6) is -1.31. The lowest BCUT2D eigenvalue weighted by Gasteiger charge is -2.33. The van der Waals surface area contributed by atoms with Gasteiger partial charge in [0.2, 0.25) is 5.60 Å². The summed E-state index contributed by atoms with van der Waals surface area (Å²) in [5, 5.41) is 9.24.